The summed E-state index contributed by atoms with van der Waals surface area (Å²) in [6, 6.07) is 1.86. The Hall–Kier alpha value is -1.23. The van der Waals surface area contributed by atoms with Gasteiger partial charge < -0.3 is 10.6 Å². The fraction of sp³-hybridized carbons (Fsp3) is 0.667. The van der Waals surface area contributed by atoms with E-state index in [-0.39, 0.29) is 0 Å². The highest BCUT2D eigenvalue weighted by Gasteiger charge is 2.32. The summed E-state index contributed by atoms with van der Waals surface area (Å²) >= 11 is 5.04. The van der Waals surface area contributed by atoms with E-state index in [0.717, 1.165) is 36.6 Å². The van der Waals surface area contributed by atoms with Gasteiger partial charge in [0.25, 0.3) is 0 Å². The molecule has 0 aromatic carbocycles. The van der Waals surface area contributed by atoms with Crippen LogP contribution in [-0.4, -0.2) is 28.0 Å². The molecule has 0 bridgehead atoms. The van der Waals surface area contributed by atoms with Crippen molar-refractivity contribution in [3.05, 3.63) is 17.5 Å². The molecule has 1 aromatic rings. The number of nitrogens with zero attached hydrogens (tertiary/aromatic N) is 3. The minimum absolute atomic E-state index is 0.351. The smallest absolute Gasteiger partial charge is 0.226 e. The van der Waals surface area contributed by atoms with Gasteiger partial charge in [0.05, 0.1) is 0 Å². The Morgan fingerprint density at radius 1 is 1.25 bits per heavy atom. The van der Waals surface area contributed by atoms with Crippen LogP contribution in [0.1, 0.15) is 43.5 Å². The van der Waals surface area contributed by atoms with Gasteiger partial charge in [-0.1, -0.05) is 31.5 Å². The predicted molar refractivity (Wildman–Crippen MR) is 84.9 cm³/mol. The number of nitrogens with two attached hydrogens (primary N) is 1. The van der Waals surface area contributed by atoms with Crippen molar-refractivity contribution in [2.45, 2.75) is 39.0 Å². The Morgan fingerprint density at radius 2 is 2.00 bits per heavy atom. The minimum atomic E-state index is 0.351. The molecule has 3 rings (SSSR count). The number of hydrogen-bond acceptors (Lipinski definition) is 4. The first-order valence-electron chi connectivity index (χ1n) is 7.54. The summed E-state index contributed by atoms with van der Waals surface area (Å²) in [6.45, 7) is 4.12. The summed E-state index contributed by atoms with van der Waals surface area (Å²) in [5, 5.41) is 0. The van der Waals surface area contributed by atoms with Gasteiger partial charge in [0, 0.05) is 18.8 Å². The van der Waals surface area contributed by atoms with Crippen LogP contribution in [0.4, 0.5) is 5.95 Å². The summed E-state index contributed by atoms with van der Waals surface area (Å²) in [6.07, 6.45) is 6.82. The number of thiocarbonyl (C=S) groups is 1. The molecule has 0 radical (unpaired) electrons. The lowest BCUT2D eigenvalue weighted by molar-refractivity contribution is 0.201. The van der Waals surface area contributed by atoms with Gasteiger partial charge in [-0.15, -0.1) is 0 Å². The van der Waals surface area contributed by atoms with Gasteiger partial charge in [0.2, 0.25) is 5.95 Å². The van der Waals surface area contributed by atoms with Crippen LogP contribution in [0.5, 0.6) is 0 Å². The zero-order valence-electron chi connectivity index (χ0n) is 12.0. The summed E-state index contributed by atoms with van der Waals surface area (Å²) in [7, 11) is 0. The molecular formula is C15H22N4S. The molecule has 2 unspecified atom stereocenters. The highest BCUT2D eigenvalue weighted by atomic mass is 32.1. The molecule has 2 fully saturated rings. The maximum atomic E-state index is 5.71. The molecule has 2 atom stereocenters. The second-order valence-electron chi connectivity index (χ2n) is 6.10. The van der Waals surface area contributed by atoms with Crippen LogP contribution in [0.25, 0.3) is 0 Å². The largest absolute Gasteiger partial charge is 0.388 e. The molecule has 1 aromatic heterocycles. The number of aryl methyl sites for hydroxylation is 1. The Balaban J connectivity index is 1.80. The molecule has 108 valence electrons. The van der Waals surface area contributed by atoms with E-state index < -0.39 is 0 Å². The monoisotopic (exact) mass is 290 g/mol. The molecule has 2 heterocycles. The first-order chi connectivity index (χ1) is 9.63. The number of aromatic nitrogens is 2. The van der Waals surface area contributed by atoms with Crippen LogP contribution < -0.4 is 10.6 Å². The molecular weight excluding hydrogens is 268 g/mol. The lowest BCUT2D eigenvalue weighted by atomic mass is 9.75. The van der Waals surface area contributed by atoms with E-state index in [1.807, 2.05) is 13.0 Å². The van der Waals surface area contributed by atoms with Crippen molar-refractivity contribution in [3.63, 3.8) is 0 Å². The molecule has 0 amide bonds. The Labute approximate surface area is 125 Å². The number of fused-ring (bicyclic) bond motifs is 1. The third-order valence-corrected chi connectivity index (χ3v) is 4.88. The van der Waals surface area contributed by atoms with E-state index in [0.29, 0.717) is 10.7 Å². The van der Waals surface area contributed by atoms with Gasteiger partial charge in [-0.05, 0) is 37.7 Å². The maximum Gasteiger partial charge on any atom is 0.226 e. The van der Waals surface area contributed by atoms with Crippen LogP contribution in [0.2, 0.25) is 0 Å². The van der Waals surface area contributed by atoms with E-state index in [1.54, 1.807) is 0 Å². The van der Waals surface area contributed by atoms with Gasteiger partial charge in [-0.25, -0.2) is 9.97 Å². The summed E-state index contributed by atoms with van der Waals surface area (Å²) < 4.78 is 0. The maximum absolute atomic E-state index is 5.71. The lowest BCUT2D eigenvalue weighted by Gasteiger charge is -2.41. The standard InChI is InChI=1S/C15H22N4S/c1-10-8-13(14(16)20)18-15(17-10)19-7-6-11-4-2-3-5-12(11)9-19/h8,11-12H,2-7,9H2,1H3,(H2,16,20). The van der Waals surface area contributed by atoms with Crippen LogP contribution in [-0.2, 0) is 0 Å². The van der Waals surface area contributed by atoms with Crippen molar-refractivity contribution in [1.82, 2.24) is 9.97 Å². The first-order valence-corrected chi connectivity index (χ1v) is 7.95. The SMILES string of the molecule is Cc1cc(C(N)=S)nc(N2CCC3CCCCC3C2)n1. The average molecular weight is 290 g/mol. The third-order valence-electron chi connectivity index (χ3n) is 4.67. The molecule has 2 aliphatic rings. The molecule has 1 aliphatic heterocycles. The minimum Gasteiger partial charge on any atom is -0.388 e. The average Bonchev–Trinajstić information content (AvgIpc) is 2.46. The first kappa shape index (κ1) is 13.7. The van der Waals surface area contributed by atoms with Gasteiger partial charge in [0.15, 0.2) is 0 Å². The van der Waals surface area contributed by atoms with E-state index in [1.165, 1.54) is 32.1 Å². The zero-order valence-corrected chi connectivity index (χ0v) is 12.8. The summed E-state index contributed by atoms with van der Waals surface area (Å²) in [5.41, 5.74) is 7.33. The van der Waals surface area contributed by atoms with Crippen LogP contribution in [0, 0.1) is 18.8 Å². The van der Waals surface area contributed by atoms with E-state index in [4.69, 9.17) is 18.0 Å². The van der Waals surface area contributed by atoms with Crippen molar-refractivity contribution in [1.29, 1.82) is 0 Å². The highest BCUT2D eigenvalue weighted by Crippen LogP contribution is 2.36. The number of hydrogen-bond donors (Lipinski definition) is 1. The topological polar surface area (TPSA) is 55.0 Å². The fourth-order valence-corrected chi connectivity index (χ4v) is 3.71. The lowest BCUT2D eigenvalue weighted by Crippen LogP contribution is -2.42. The Bertz CT molecular complexity index is 517. The number of anilines is 1. The zero-order chi connectivity index (χ0) is 14.1. The van der Waals surface area contributed by atoms with Gasteiger partial charge >= 0.3 is 0 Å². The molecule has 1 saturated heterocycles. The van der Waals surface area contributed by atoms with E-state index >= 15 is 0 Å². The second-order valence-corrected chi connectivity index (χ2v) is 6.54. The van der Waals surface area contributed by atoms with Crippen molar-refractivity contribution in [2.24, 2.45) is 17.6 Å². The van der Waals surface area contributed by atoms with E-state index in [2.05, 4.69) is 14.9 Å². The van der Waals surface area contributed by atoms with Crippen LogP contribution in [0.15, 0.2) is 6.07 Å². The molecule has 1 saturated carbocycles. The van der Waals surface area contributed by atoms with E-state index in [9.17, 15) is 0 Å². The molecule has 1 aliphatic carbocycles. The quantitative estimate of drug-likeness (QED) is 0.848. The van der Waals surface area contributed by atoms with Gasteiger partial charge in [0.1, 0.15) is 10.7 Å². The molecule has 4 nitrogen and oxygen atoms in total. The fourth-order valence-electron chi connectivity index (χ4n) is 3.60. The van der Waals surface area contributed by atoms with Crippen molar-refractivity contribution in [2.75, 3.05) is 18.0 Å². The molecule has 20 heavy (non-hydrogen) atoms. The normalized spacial score (nSPS) is 26.1. The van der Waals surface area contributed by atoms with Crippen LogP contribution in [0.3, 0.4) is 0 Å². The number of piperidine rings is 1. The predicted octanol–water partition coefficient (Wildman–Crippen LogP) is 2.44. The Morgan fingerprint density at radius 3 is 2.75 bits per heavy atom. The van der Waals surface area contributed by atoms with Crippen molar-refractivity contribution < 1.29 is 0 Å². The van der Waals surface area contributed by atoms with Crippen LogP contribution >= 0.6 is 12.2 Å². The van der Waals surface area contributed by atoms with Crippen molar-refractivity contribution >= 4 is 23.2 Å². The summed E-state index contributed by atoms with van der Waals surface area (Å²) in [4.78, 5) is 11.8. The molecule has 2 N–H and O–H groups in total. The Kier molecular flexibility index (Phi) is 3.87. The van der Waals surface area contributed by atoms with Gasteiger partial charge in [-0.3, -0.25) is 0 Å². The summed E-state index contributed by atoms with van der Waals surface area (Å²) in [5.74, 6) is 2.53. The highest BCUT2D eigenvalue weighted by molar-refractivity contribution is 7.80. The third kappa shape index (κ3) is 2.77. The second kappa shape index (κ2) is 5.64. The van der Waals surface area contributed by atoms with Gasteiger partial charge in [-0.2, -0.15) is 0 Å². The number of rotatable bonds is 2. The molecule has 5 heteroatoms. The van der Waals surface area contributed by atoms with Crippen molar-refractivity contribution in [3.8, 4) is 0 Å². The molecule has 0 spiro atoms.